The first-order valence-electron chi connectivity index (χ1n) is 10.4. The maximum atomic E-state index is 13.5. The fourth-order valence-corrected chi connectivity index (χ4v) is 4.21. The van der Waals surface area contributed by atoms with Crippen molar-refractivity contribution in [2.24, 2.45) is 0 Å². The molecule has 0 unspecified atom stereocenters. The van der Waals surface area contributed by atoms with E-state index < -0.39 is 4.92 Å². The van der Waals surface area contributed by atoms with Gasteiger partial charge in [-0.3, -0.25) is 19.5 Å². The van der Waals surface area contributed by atoms with Gasteiger partial charge < -0.3 is 0 Å². The molecule has 0 fully saturated rings. The van der Waals surface area contributed by atoms with Gasteiger partial charge in [0, 0.05) is 29.6 Å². The maximum absolute atomic E-state index is 13.5. The molecule has 0 amide bonds. The summed E-state index contributed by atoms with van der Waals surface area (Å²) in [5.74, 6) is 0.474. The average Bonchev–Trinajstić information content (AvgIpc) is 3.23. The molecule has 0 radical (unpaired) electrons. The van der Waals surface area contributed by atoms with Gasteiger partial charge in [0.25, 0.3) is 11.2 Å². The normalized spacial score (nSPS) is 11.4. The van der Waals surface area contributed by atoms with Gasteiger partial charge in [-0.15, -0.1) is 0 Å². The highest BCUT2D eigenvalue weighted by atomic mass is 16.6. The number of non-ortho nitro benzene ring substituents is 1. The van der Waals surface area contributed by atoms with Crippen LogP contribution >= 0.6 is 0 Å². The molecule has 0 aliphatic heterocycles. The molecule has 6 aromatic rings. The van der Waals surface area contributed by atoms with E-state index in [1.807, 2.05) is 65.4 Å². The van der Waals surface area contributed by atoms with Gasteiger partial charge in [0.05, 0.1) is 21.5 Å². The summed E-state index contributed by atoms with van der Waals surface area (Å²) >= 11 is 0. The zero-order valence-corrected chi connectivity index (χ0v) is 17.3. The minimum atomic E-state index is -0.441. The molecule has 0 saturated heterocycles. The summed E-state index contributed by atoms with van der Waals surface area (Å²) in [7, 11) is 0. The van der Waals surface area contributed by atoms with E-state index in [-0.39, 0.29) is 11.2 Å². The number of para-hydroxylation sites is 1. The van der Waals surface area contributed by atoms with Crippen LogP contribution in [0.2, 0.25) is 0 Å². The second-order valence-corrected chi connectivity index (χ2v) is 7.79. The van der Waals surface area contributed by atoms with Gasteiger partial charge >= 0.3 is 0 Å². The van der Waals surface area contributed by atoms with Crippen molar-refractivity contribution in [1.82, 2.24) is 14.0 Å². The first-order chi connectivity index (χ1) is 16.1. The summed E-state index contributed by atoms with van der Waals surface area (Å²) in [5, 5.41) is 13.8. The van der Waals surface area contributed by atoms with Gasteiger partial charge in [-0.05, 0) is 47.2 Å². The molecule has 4 aromatic carbocycles. The van der Waals surface area contributed by atoms with Crippen molar-refractivity contribution in [2.75, 3.05) is 0 Å². The van der Waals surface area contributed by atoms with Crippen LogP contribution in [0.5, 0.6) is 0 Å². The number of nitrogens with zero attached hydrogens (tertiary/aromatic N) is 4. The summed E-state index contributed by atoms with van der Waals surface area (Å²) in [4.78, 5) is 29.0. The van der Waals surface area contributed by atoms with Crippen LogP contribution < -0.4 is 5.56 Å². The summed E-state index contributed by atoms with van der Waals surface area (Å²) in [5.41, 5.74) is 2.57. The molecule has 7 nitrogen and oxygen atoms in total. The Labute approximate surface area is 186 Å². The number of hydrogen-bond acceptors (Lipinski definition) is 4. The maximum Gasteiger partial charge on any atom is 0.269 e. The molecule has 2 heterocycles. The van der Waals surface area contributed by atoms with Crippen molar-refractivity contribution in [1.29, 1.82) is 0 Å². The summed E-state index contributed by atoms with van der Waals surface area (Å²) in [6.45, 7) is 0. The fourth-order valence-electron chi connectivity index (χ4n) is 4.21. The largest absolute Gasteiger partial charge is 0.285 e. The zero-order chi connectivity index (χ0) is 22.5. The molecular formula is C26H16N4O3. The van der Waals surface area contributed by atoms with E-state index in [1.54, 1.807) is 22.6 Å². The van der Waals surface area contributed by atoms with Crippen LogP contribution in [0.4, 0.5) is 5.69 Å². The van der Waals surface area contributed by atoms with Gasteiger partial charge in [0.2, 0.25) is 5.78 Å². The lowest BCUT2D eigenvalue weighted by Gasteiger charge is -2.07. The van der Waals surface area contributed by atoms with Gasteiger partial charge in [-0.1, -0.05) is 42.5 Å². The fraction of sp³-hybridized carbons (Fsp3) is 0. The topological polar surface area (TPSA) is 82.4 Å². The van der Waals surface area contributed by atoms with Crippen molar-refractivity contribution >= 4 is 33.1 Å². The Morgan fingerprint density at radius 1 is 0.818 bits per heavy atom. The van der Waals surface area contributed by atoms with E-state index in [0.29, 0.717) is 27.9 Å². The molecule has 0 aliphatic rings. The third-order valence-corrected chi connectivity index (χ3v) is 5.85. The van der Waals surface area contributed by atoms with Crippen molar-refractivity contribution in [3.05, 3.63) is 118 Å². The molecule has 0 bridgehead atoms. The molecule has 0 atom stereocenters. The predicted molar refractivity (Wildman–Crippen MR) is 128 cm³/mol. The first kappa shape index (κ1) is 18.9. The quantitative estimate of drug-likeness (QED) is 0.278. The highest BCUT2D eigenvalue weighted by Gasteiger charge is 2.18. The molecule has 158 valence electrons. The Hall–Kier alpha value is -4.78. The van der Waals surface area contributed by atoms with Crippen LogP contribution in [0.25, 0.3) is 44.4 Å². The van der Waals surface area contributed by atoms with E-state index in [9.17, 15) is 14.9 Å². The number of hydrogen-bond donors (Lipinski definition) is 0. The number of rotatable bonds is 3. The molecule has 7 heteroatoms. The predicted octanol–water partition coefficient (Wildman–Crippen LogP) is 5.37. The van der Waals surface area contributed by atoms with Gasteiger partial charge in [-0.2, -0.15) is 0 Å². The molecule has 2 aromatic heterocycles. The lowest BCUT2D eigenvalue weighted by Crippen LogP contribution is -2.16. The van der Waals surface area contributed by atoms with Crippen LogP contribution in [0.1, 0.15) is 0 Å². The first-order valence-corrected chi connectivity index (χ1v) is 10.4. The molecule has 0 aliphatic carbocycles. The summed E-state index contributed by atoms with van der Waals surface area (Å²) in [6.07, 6.45) is 1.86. The second kappa shape index (κ2) is 7.13. The number of nitro benzene ring substituents is 1. The Bertz CT molecular complexity index is 1760. The number of benzene rings is 4. The Kier molecular flexibility index (Phi) is 4.10. The van der Waals surface area contributed by atoms with Gasteiger partial charge in [0.1, 0.15) is 0 Å². The van der Waals surface area contributed by atoms with Crippen molar-refractivity contribution in [2.45, 2.75) is 0 Å². The van der Waals surface area contributed by atoms with Crippen LogP contribution in [-0.4, -0.2) is 18.9 Å². The second-order valence-electron chi connectivity index (χ2n) is 7.79. The highest BCUT2D eigenvalue weighted by molar-refractivity contribution is 5.85. The van der Waals surface area contributed by atoms with Crippen LogP contribution in [0, 0.1) is 10.1 Å². The third-order valence-electron chi connectivity index (χ3n) is 5.85. The molecule has 0 saturated carbocycles. The lowest BCUT2D eigenvalue weighted by atomic mass is 10.1. The number of imidazole rings is 1. The van der Waals surface area contributed by atoms with Crippen molar-refractivity contribution in [3.63, 3.8) is 0 Å². The third kappa shape index (κ3) is 2.98. The van der Waals surface area contributed by atoms with E-state index in [0.717, 1.165) is 16.5 Å². The Morgan fingerprint density at radius 2 is 1.55 bits per heavy atom. The van der Waals surface area contributed by atoms with Gasteiger partial charge in [0.15, 0.2) is 0 Å². The van der Waals surface area contributed by atoms with E-state index in [2.05, 4.69) is 6.07 Å². The highest BCUT2D eigenvalue weighted by Crippen LogP contribution is 2.28. The number of aromatic nitrogens is 3. The summed E-state index contributed by atoms with van der Waals surface area (Å²) < 4.78 is 3.45. The minimum absolute atomic E-state index is 0.00654. The molecule has 0 spiro atoms. The van der Waals surface area contributed by atoms with Crippen molar-refractivity contribution < 1.29 is 4.92 Å². The lowest BCUT2D eigenvalue weighted by molar-refractivity contribution is -0.384. The number of fused-ring (bicyclic) bond motifs is 3. The smallest absolute Gasteiger partial charge is 0.269 e. The van der Waals surface area contributed by atoms with E-state index in [1.165, 1.54) is 12.1 Å². The average molecular weight is 432 g/mol. The molecule has 0 N–H and O–H groups in total. The molecule has 33 heavy (non-hydrogen) atoms. The van der Waals surface area contributed by atoms with Crippen molar-refractivity contribution in [3.8, 4) is 16.9 Å². The Morgan fingerprint density at radius 3 is 2.33 bits per heavy atom. The monoisotopic (exact) mass is 432 g/mol. The Balaban J connectivity index is 1.68. The zero-order valence-electron chi connectivity index (χ0n) is 17.3. The SMILES string of the molecule is O=c1c2ccccc2nc2n(-c3ccc4ccccc4c3)cc(-c3ccc([N+](=O)[O-])cc3)n12. The van der Waals surface area contributed by atoms with E-state index >= 15 is 0 Å². The standard InChI is InChI=1S/C26H16N4O3/c31-25-22-7-3-4-8-23(22)27-26-28(21-14-9-17-5-1-2-6-19(17)15-21)16-24(29(25)26)18-10-12-20(13-11-18)30(32)33/h1-16H. The summed E-state index contributed by atoms with van der Waals surface area (Å²) in [6, 6.07) is 27.6. The van der Waals surface area contributed by atoms with Crippen LogP contribution in [0.3, 0.4) is 0 Å². The van der Waals surface area contributed by atoms with Crippen LogP contribution in [-0.2, 0) is 0 Å². The minimum Gasteiger partial charge on any atom is -0.285 e. The molecular weight excluding hydrogens is 416 g/mol. The molecule has 6 rings (SSSR count). The van der Waals surface area contributed by atoms with Gasteiger partial charge in [-0.25, -0.2) is 9.38 Å². The van der Waals surface area contributed by atoms with Crippen LogP contribution in [0.15, 0.2) is 102 Å². The van der Waals surface area contributed by atoms with E-state index in [4.69, 9.17) is 4.98 Å². The number of nitro groups is 1.